The Morgan fingerprint density at radius 2 is 1.81 bits per heavy atom. The van der Waals surface area contributed by atoms with Crippen LogP contribution in [0.15, 0.2) is 36.5 Å². The Morgan fingerprint density at radius 1 is 1.04 bits per heavy atom. The van der Waals surface area contributed by atoms with Crippen molar-refractivity contribution in [3.63, 3.8) is 0 Å². The molecule has 2 aromatic rings. The van der Waals surface area contributed by atoms with Crippen LogP contribution in [0.25, 0.3) is 0 Å². The van der Waals surface area contributed by atoms with E-state index in [1.807, 2.05) is 12.3 Å². The Labute approximate surface area is 165 Å². The predicted octanol–water partition coefficient (Wildman–Crippen LogP) is 5.83. The molecule has 0 fully saturated rings. The predicted molar refractivity (Wildman–Crippen MR) is 117 cm³/mol. The van der Waals surface area contributed by atoms with Gasteiger partial charge in [-0.3, -0.25) is 0 Å². The van der Waals surface area contributed by atoms with Crippen LogP contribution in [0.4, 0.5) is 11.6 Å². The molecule has 0 bridgehead atoms. The zero-order chi connectivity index (χ0) is 19.8. The first kappa shape index (κ1) is 21.2. The highest BCUT2D eigenvalue weighted by Crippen LogP contribution is 2.22. The van der Waals surface area contributed by atoms with Crippen molar-refractivity contribution in [2.75, 3.05) is 23.3 Å². The van der Waals surface area contributed by atoms with Crippen LogP contribution in [-0.2, 0) is 0 Å². The third kappa shape index (κ3) is 6.53. The van der Waals surface area contributed by atoms with Gasteiger partial charge in [-0.05, 0) is 69.2 Å². The van der Waals surface area contributed by atoms with E-state index in [0.29, 0.717) is 17.9 Å². The molecule has 148 valence electrons. The van der Waals surface area contributed by atoms with Crippen LogP contribution in [0, 0.1) is 0 Å². The first-order chi connectivity index (χ1) is 12.9. The topological polar surface area (TPSA) is 41.0 Å². The molecule has 1 unspecified atom stereocenters. The summed E-state index contributed by atoms with van der Waals surface area (Å²) in [5, 5.41) is 3.39. The van der Waals surface area contributed by atoms with Gasteiger partial charge in [0.1, 0.15) is 11.6 Å². The van der Waals surface area contributed by atoms with Gasteiger partial charge in [0.15, 0.2) is 0 Å². The molecule has 0 aliphatic carbocycles. The van der Waals surface area contributed by atoms with Crippen molar-refractivity contribution >= 4 is 11.6 Å². The van der Waals surface area contributed by atoms with Crippen molar-refractivity contribution in [1.82, 2.24) is 9.97 Å². The van der Waals surface area contributed by atoms with Crippen LogP contribution in [0.5, 0.6) is 0 Å². The number of aromatic nitrogens is 2. The number of rotatable bonds is 10. The van der Waals surface area contributed by atoms with E-state index in [2.05, 4.69) is 81.0 Å². The van der Waals surface area contributed by atoms with E-state index in [-0.39, 0.29) is 0 Å². The molecule has 0 radical (unpaired) electrons. The van der Waals surface area contributed by atoms with Gasteiger partial charge >= 0.3 is 0 Å². The minimum absolute atomic E-state index is 0.399. The molecule has 2 heterocycles. The van der Waals surface area contributed by atoms with Crippen LogP contribution in [0.2, 0.25) is 0 Å². The molecule has 27 heavy (non-hydrogen) atoms. The lowest BCUT2D eigenvalue weighted by molar-refractivity contribution is 0.607. The van der Waals surface area contributed by atoms with E-state index >= 15 is 0 Å². The maximum absolute atomic E-state index is 4.78. The number of hydrogen-bond donors (Lipinski definition) is 1. The molecule has 4 nitrogen and oxygen atoms in total. The van der Waals surface area contributed by atoms with E-state index in [0.717, 1.165) is 37.6 Å². The highest BCUT2D eigenvalue weighted by atomic mass is 15.2. The third-order valence-corrected chi connectivity index (χ3v) is 4.92. The molecule has 1 atom stereocenters. The maximum Gasteiger partial charge on any atom is 0.128 e. The highest BCUT2D eigenvalue weighted by molar-refractivity contribution is 5.39. The van der Waals surface area contributed by atoms with Gasteiger partial charge in [-0.15, -0.1) is 0 Å². The Balaban J connectivity index is 1.89. The summed E-state index contributed by atoms with van der Waals surface area (Å²) < 4.78 is 0. The van der Waals surface area contributed by atoms with E-state index in [1.54, 1.807) is 0 Å². The number of nitrogens with one attached hydrogen (secondary N) is 1. The monoisotopic (exact) mass is 368 g/mol. The summed E-state index contributed by atoms with van der Waals surface area (Å²) >= 11 is 0. The molecule has 0 aliphatic heterocycles. The van der Waals surface area contributed by atoms with Gasteiger partial charge in [0.05, 0.1) is 0 Å². The van der Waals surface area contributed by atoms with Gasteiger partial charge in [0.2, 0.25) is 0 Å². The Bertz CT molecular complexity index is 679. The lowest BCUT2D eigenvalue weighted by Crippen LogP contribution is -2.25. The SMILES string of the molecule is CCN(CCCC(C)c1cccc(NC(C)C)n1)c1ccc(C(C)C)cn1. The largest absolute Gasteiger partial charge is 0.368 e. The van der Waals surface area contributed by atoms with Crippen molar-refractivity contribution in [3.05, 3.63) is 47.8 Å². The normalized spacial score (nSPS) is 12.4. The Hall–Kier alpha value is -2.10. The summed E-state index contributed by atoms with van der Waals surface area (Å²) in [4.78, 5) is 11.8. The molecular formula is C23H36N4. The zero-order valence-corrected chi connectivity index (χ0v) is 17.9. The Morgan fingerprint density at radius 3 is 2.41 bits per heavy atom. The Kier molecular flexibility index (Phi) is 8.08. The smallest absolute Gasteiger partial charge is 0.128 e. The lowest BCUT2D eigenvalue weighted by atomic mass is 10.0. The highest BCUT2D eigenvalue weighted by Gasteiger charge is 2.11. The average molecular weight is 369 g/mol. The summed E-state index contributed by atoms with van der Waals surface area (Å²) in [6.07, 6.45) is 4.27. The maximum atomic E-state index is 4.78. The molecule has 0 aromatic carbocycles. The number of pyridine rings is 2. The van der Waals surface area contributed by atoms with E-state index in [9.17, 15) is 0 Å². The lowest BCUT2D eigenvalue weighted by Gasteiger charge is -2.23. The van der Waals surface area contributed by atoms with Crippen LogP contribution in [0.3, 0.4) is 0 Å². The molecule has 0 aliphatic rings. The van der Waals surface area contributed by atoms with Gasteiger partial charge in [0, 0.05) is 31.0 Å². The van der Waals surface area contributed by atoms with Crippen molar-refractivity contribution in [2.24, 2.45) is 0 Å². The minimum atomic E-state index is 0.399. The van der Waals surface area contributed by atoms with Crippen LogP contribution < -0.4 is 10.2 Å². The number of nitrogens with zero attached hydrogens (tertiary/aromatic N) is 3. The molecule has 0 amide bonds. The fourth-order valence-corrected chi connectivity index (χ4v) is 3.20. The van der Waals surface area contributed by atoms with Gasteiger partial charge in [-0.25, -0.2) is 9.97 Å². The standard InChI is InChI=1S/C23H36N4/c1-7-27(23-14-13-20(16-24-23)17(2)3)15-9-10-19(6)21-11-8-12-22(26-21)25-18(4)5/h8,11-14,16-19H,7,9-10,15H2,1-6H3,(H,25,26). The van der Waals surface area contributed by atoms with Crippen molar-refractivity contribution in [2.45, 2.75) is 72.3 Å². The first-order valence-electron chi connectivity index (χ1n) is 10.3. The van der Waals surface area contributed by atoms with Gasteiger partial charge < -0.3 is 10.2 Å². The number of hydrogen-bond acceptors (Lipinski definition) is 4. The van der Waals surface area contributed by atoms with Gasteiger partial charge in [0.25, 0.3) is 0 Å². The average Bonchev–Trinajstić information content (AvgIpc) is 2.65. The van der Waals surface area contributed by atoms with E-state index < -0.39 is 0 Å². The van der Waals surface area contributed by atoms with E-state index in [4.69, 9.17) is 4.98 Å². The van der Waals surface area contributed by atoms with E-state index in [1.165, 1.54) is 11.3 Å². The van der Waals surface area contributed by atoms with Crippen LogP contribution >= 0.6 is 0 Å². The fourth-order valence-electron chi connectivity index (χ4n) is 3.20. The molecule has 2 aromatic heterocycles. The van der Waals surface area contributed by atoms with Crippen molar-refractivity contribution in [1.29, 1.82) is 0 Å². The summed E-state index contributed by atoms with van der Waals surface area (Å²) in [5.74, 6) is 3.03. The van der Waals surface area contributed by atoms with Gasteiger partial charge in [-0.2, -0.15) is 0 Å². The third-order valence-electron chi connectivity index (χ3n) is 4.92. The molecule has 2 rings (SSSR count). The molecule has 4 heteroatoms. The van der Waals surface area contributed by atoms with Crippen LogP contribution in [0.1, 0.15) is 77.5 Å². The second-order valence-electron chi connectivity index (χ2n) is 7.97. The summed E-state index contributed by atoms with van der Waals surface area (Å²) in [6, 6.07) is 11.0. The van der Waals surface area contributed by atoms with Crippen molar-refractivity contribution < 1.29 is 0 Å². The zero-order valence-electron chi connectivity index (χ0n) is 17.9. The van der Waals surface area contributed by atoms with Crippen molar-refractivity contribution in [3.8, 4) is 0 Å². The summed E-state index contributed by atoms with van der Waals surface area (Å²) in [5.41, 5.74) is 2.47. The minimum Gasteiger partial charge on any atom is -0.368 e. The van der Waals surface area contributed by atoms with Gasteiger partial charge in [-0.1, -0.05) is 32.9 Å². The molecule has 0 saturated heterocycles. The molecule has 0 saturated carbocycles. The van der Waals surface area contributed by atoms with Crippen LogP contribution in [-0.4, -0.2) is 29.1 Å². The first-order valence-corrected chi connectivity index (χ1v) is 10.3. The molecular weight excluding hydrogens is 332 g/mol. The summed E-state index contributed by atoms with van der Waals surface area (Å²) in [7, 11) is 0. The quantitative estimate of drug-likeness (QED) is 0.573. The fraction of sp³-hybridized carbons (Fsp3) is 0.565. The summed E-state index contributed by atoms with van der Waals surface area (Å²) in [6.45, 7) is 15.2. The second kappa shape index (κ2) is 10.3. The molecule has 0 spiro atoms. The second-order valence-corrected chi connectivity index (χ2v) is 7.97. The number of anilines is 2. The molecule has 1 N–H and O–H groups in total.